The van der Waals surface area contributed by atoms with Crippen LogP contribution in [0.2, 0.25) is 0 Å². The van der Waals surface area contributed by atoms with Crippen molar-refractivity contribution in [3.8, 4) is 0 Å². The van der Waals surface area contributed by atoms with Gasteiger partial charge in [0.05, 0.1) is 6.61 Å². The predicted molar refractivity (Wildman–Crippen MR) is 72.1 cm³/mol. The average Bonchev–Trinajstić information content (AvgIpc) is 2.38. The summed E-state index contributed by atoms with van der Waals surface area (Å²) in [6.45, 7) is 1.64. The fourth-order valence-electron chi connectivity index (χ4n) is 1.70. The van der Waals surface area contributed by atoms with Crippen LogP contribution in [0.15, 0.2) is 41.2 Å². The van der Waals surface area contributed by atoms with Crippen LogP contribution >= 0.6 is 0 Å². The highest BCUT2D eigenvalue weighted by Gasteiger charge is 2.10. The number of carbonyl (C=O) groups excluding carboxylic acids is 1. The number of nitrogens with one attached hydrogen (secondary N) is 2. The number of aromatic amines is 1. The molecule has 0 aliphatic carbocycles. The number of hydrogen-bond donors (Lipinski definition) is 3. The number of pyridine rings is 1. The first-order valence-electron chi connectivity index (χ1n) is 5.81. The minimum Gasteiger partial charge on any atom is -0.392 e. The molecular formula is C14H14N2O3. The number of H-pyrrole nitrogens is 1. The maximum Gasteiger partial charge on any atom is 0.261 e. The monoisotopic (exact) mass is 258 g/mol. The predicted octanol–water partition coefficient (Wildman–Crippen LogP) is 1.43. The summed E-state index contributed by atoms with van der Waals surface area (Å²) in [5.74, 6) is -0.476. The molecule has 0 unspecified atom stereocenters. The van der Waals surface area contributed by atoms with E-state index >= 15 is 0 Å². The number of aryl methyl sites for hydroxylation is 1. The molecule has 0 atom stereocenters. The zero-order chi connectivity index (χ0) is 13.8. The molecule has 0 aliphatic rings. The van der Waals surface area contributed by atoms with Crippen LogP contribution in [0.1, 0.15) is 21.6 Å². The fourth-order valence-corrected chi connectivity index (χ4v) is 1.70. The molecule has 3 N–H and O–H groups in total. The minimum absolute atomic E-state index is 0.0556. The molecule has 1 heterocycles. The standard InChI is InChI=1S/C14H14N2O3/c1-9-5-6-12(13(18)15-9)14(19)16-11-4-2-3-10(7-11)8-17/h2-7,17H,8H2,1H3,(H,15,18)(H,16,19). The van der Waals surface area contributed by atoms with Gasteiger partial charge in [0.1, 0.15) is 5.56 Å². The van der Waals surface area contributed by atoms with E-state index in [0.717, 1.165) is 0 Å². The number of amides is 1. The summed E-state index contributed by atoms with van der Waals surface area (Å²) in [4.78, 5) is 26.2. The second-order valence-corrected chi connectivity index (χ2v) is 4.20. The minimum atomic E-state index is -0.476. The molecule has 2 rings (SSSR count). The number of aliphatic hydroxyl groups excluding tert-OH is 1. The largest absolute Gasteiger partial charge is 0.392 e. The Morgan fingerprint density at radius 2 is 2.11 bits per heavy atom. The highest BCUT2D eigenvalue weighted by Crippen LogP contribution is 2.11. The Hall–Kier alpha value is -2.40. The van der Waals surface area contributed by atoms with Crippen molar-refractivity contribution in [1.29, 1.82) is 0 Å². The van der Waals surface area contributed by atoms with Crippen molar-refractivity contribution < 1.29 is 9.90 Å². The Bertz CT molecular complexity index is 662. The fraction of sp³-hybridized carbons (Fsp3) is 0.143. The van der Waals surface area contributed by atoms with Gasteiger partial charge in [-0.05, 0) is 36.8 Å². The molecule has 0 bridgehead atoms. The summed E-state index contributed by atoms with van der Waals surface area (Å²) in [7, 11) is 0. The van der Waals surface area contributed by atoms with Gasteiger partial charge in [-0.2, -0.15) is 0 Å². The third-order valence-corrected chi connectivity index (χ3v) is 2.67. The van der Waals surface area contributed by atoms with Gasteiger partial charge in [-0.15, -0.1) is 0 Å². The molecule has 0 spiro atoms. The van der Waals surface area contributed by atoms with Crippen LogP contribution in [0, 0.1) is 6.92 Å². The Morgan fingerprint density at radius 3 is 2.79 bits per heavy atom. The van der Waals surface area contributed by atoms with Crippen molar-refractivity contribution in [3.05, 3.63) is 63.6 Å². The van der Waals surface area contributed by atoms with E-state index in [1.54, 1.807) is 37.3 Å². The summed E-state index contributed by atoms with van der Waals surface area (Å²) in [5.41, 5.74) is 1.56. The highest BCUT2D eigenvalue weighted by atomic mass is 16.3. The first-order chi connectivity index (χ1) is 9.10. The number of anilines is 1. The molecule has 5 heteroatoms. The third kappa shape index (κ3) is 3.08. The first-order valence-corrected chi connectivity index (χ1v) is 5.81. The first kappa shape index (κ1) is 13.0. The Labute approximate surface area is 109 Å². The van der Waals surface area contributed by atoms with E-state index < -0.39 is 11.5 Å². The zero-order valence-corrected chi connectivity index (χ0v) is 10.4. The lowest BCUT2D eigenvalue weighted by molar-refractivity contribution is 0.102. The van der Waals surface area contributed by atoms with Crippen LogP contribution in [0.5, 0.6) is 0 Å². The highest BCUT2D eigenvalue weighted by molar-refractivity contribution is 6.04. The summed E-state index contributed by atoms with van der Waals surface area (Å²) in [5, 5.41) is 11.6. The van der Waals surface area contributed by atoms with Crippen LogP contribution in [0.4, 0.5) is 5.69 Å². The molecule has 19 heavy (non-hydrogen) atoms. The summed E-state index contributed by atoms with van der Waals surface area (Å²) < 4.78 is 0. The molecule has 1 amide bonds. The van der Waals surface area contributed by atoms with Gasteiger partial charge in [-0.1, -0.05) is 12.1 Å². The van der Waals surface area contributed by atoms with E-state index in [1.807, 2.05) is 0 Å². The van der Waals surface area contributed by atoms with Gasteiger partial charge in [0, 0.05) is 11.4 Å². The van der Waals surface area contributed by atoms with Crippen LogP contribution in [0.25, 0.3) is 0 Å². The van der Waals surface area contributed by atoms with Gasteiger partial charge in [0.25, 0.3) is 11.5 Å². The Morgan fingerprint density at radius 1 is 1.32 bits per heavy atom. The van der Waals surface area contributed by atoms with E-state index in [2.05, 4.69) is 10.3 Å². The van der Waals surface area contributed by atoms with Crippen LogP contribution in [0.3, 0.4) is 0 Å². The maximum atomic E-state index is 12.0. The van der Waals surface area contributed by atoms with Crippen molar-refractivity contribution in [2.45, 2.75) is 13.5 Å². The molecule has 98 valence electrons. The molecule has 0 saturated carbocycles. The van der Waals surface area contributed by atoms with E-state index in [0.29, 0.717) is 16.9 Å². The lowest BCUT2D eigenvalue weighted by atomic mass is 10.2. The molecular weight excluding hydrogens is 244 g/mol. The van der Waals surface area contributed by atoms with Gasteiger partial charge >= 0.3 is 0 Å². The van der Waals surface area contributed by atoms with E-state index in [1.165, 1.54) is 6.07 Å². The SMILES string of the molecule is Cc1ccc(C(=O)Nc2cccc(CO)c2)c(=O)[nH]1. The van der Waals surface area contributed by atoms with Gasteiger partial charge in [0.2, 0.25) is 0 Å². The van der Waals surface area contributed by atoms with Gasteiger partial charge in [-0.25, -0.2) is 0 Å². The van der Waals surface area contributed by atoms with E-state index in [9.17, 15) is 9.59 Å². The Balaban J connectivity index is 2.23. The number of hydrogen-bond acceptors (Lipinski definition) is 3. The quantitative estimate of drug-likeness (QED) is 0.778. The third-order valence-electron chi connectivity index (χ3n) is 2.67. The van der Waals surface area contributed by atoms with Crippen LogP contribution in [-0.4, -0.2) is 16.0 Å². The van der Waals surface area contributed by atoms with Crippen molar-refractivity contribution in [2.75, 3.05) is 5.32 Å². The average molecular weight is 258 g/mol. The number of benzene rings is 1. The summed E-state index contributed by atoms with van der Waals surface area (Å²) >= 11 is 0. The lowest BCUT2D eigenvalue weighted by Gasteiger charge is -2.06. The lowest BCUT2D eigenvalue weighted by Crippen LogP contribution is -2.23. The van der Waals surface area contributed by atoms with E-state index in [4.69, 9.17) is 5.11 Å². The van der Waals surface area contributed by atoms with Crippen molar-refractivity contribution in [2.24, 2.45) is 0 Å². The molecule has 0 radical (unpaired) electrons. The topological polar surface area (TPSA) is 82.2 Å². The number of aliphatic hydroxyl groups is 1. The number of aromatic nitrogens is 1. The molecule has 2 aromatic rings. The normalized spacial score (nSPS) is 10.2. The molecule has 1 aromatic heterocycles. The molecule has 1 aromatic carbocycles. The van der Waals surface area contributed by atoms with Crippen molar-refractivity contribution in [3.63, 3.8) is 0 Å². The second kappa shape index (κ2) is 5.49. The number of rotatable bonds is 3. The van der Waals surface area contributed by atoms with E-state index in [-0.39, 0.29) is 12.2 Å². The zero-order valence-electron chi connectivity index (χ0n) is 10.4. The molecule has 0 saturated heterocycles. The molecule has 0 aliphatic heterocycles. The summed E-state index contributed by atoms with van der Waals surface area (Å²) in [6, 6.07) is 9.97. The van der Waals surface area contributed by atoms with Gasteiger partial charge in [-0.3, -0.25) is 9.59 Å². The smallest absolute Gasteiger partial charge is 0.261 e. The van der Waals surface area contributed by atoms with Gasteiger partial charge < -0.3 is 15.4 Å². The van der Waals surface area contributed by atoms with Crippen LogP contribution in [-0.2, 0) is 6.61 Å². The van der Waals surface area contributed by atoms with Crippen LogP contribution < -0.4 is 10.9 Å². The van der Waals surface area contributed by atoms with Crippen molar-refractivity contribution in [1.82, 2.24) is 4.98 Å². The molecule has 5 nitrogen and oxygen atoms in total. The maximum absolute atomic E-state index is 12.0. The second-order valence-electron chi connectivity index (χ2n) is 4.20. The van der Waals surface area contributed by atoms with Crippen molar-refractivity contribution >= 4 is 11.6 Å². The molecule has 0 fully saturated rings. The summed E-state index contributed by atoms with van der Waals surface area (Å²) in [6.07, 6.45) is 0. The Kier molecular flexibility index (Phi) is 3.77. The van der Waals surface area contributed by atoms with Gasteiger partial charge in [0.15, 0.2) is 0 Å². The number of carbonyl (C=O) groups is 1.